The lowest BCUT2D eigenvalue weighted by Gasteiger charge is -2.34. The number of allylic oxidation sites excluding steroid dienone is 8. The van der Waals surface area contributed by atoms with E-state index in [1.165, 1.54) is 154 Å². The van der Waals surface area contributed by atoms with Gasteiger partial charge in [0.2, 0.25) is 0 Å². The Morgan fingerprint density at radius 1 is 0.469 bits per heavy atom. The van der Waals surface area contributed by atoms with E-state index in [1.807, 2.05) is 0 Å². The predicted molar refractivity (Wildman–Crippen MR) is 268 cm³/mol. The fraction of sp³-hybridized carbons (Fsp3) is 0.804. The lowest BCUT2D eigenvalue weighted by Crippen LogP contribution is -2.55. The van der Waals surface area contributed by atoms with Crippen LogP contribution in [0.3, 0.4) is 0 Å². The van der Waals surface area contributed by atoms with Crippen LogP contribution in [0.15, 0.2) is 48.6 Å². The summed E-state index contributed by atoms with van der Waals surface area (Å²) in [7, 11) is 5.40. The molecule has 2 unspecified atom stereocenters. The molecule has 64 heavy (non-hydrogen) atoms. The van der Waals surface area contributed by atoms with E-state index in [-0.39, 0.29) is 49.1 Å². The average Bonchev–Trinajstić information content (AvgIpc) is 3.26. The Morgan fingerprint density at radius 3 is 1.27 bits per heavy atom. The Hall–Kier alpha value is -2.71. The number of unbranched alkanes of at least 4 members (excludes halogenated alkanes) is 26. The van der Waals surface area contributed by atoms with Crippen LogP contribution >= 0.6 is 0 Å². The van der Waals surface area contributed by atoms with Gasteiger partial charge in [-0.1, -0.05) is 217 Å². The molecule has 0 N–H and O–H groups in total. The van der Waals surface area contributed by atoms with Crippen LogP contribution in [-0.2, 0) is 28.6 Å². The molecule has 0 fully saturated rings. The van der Waals surface area contributed by atoms with Crippen molar-refractivity contribution in [3.63, 3.8) is 0 Å². The van der Waals surface area contributed by atoms with Crippen molar-refractivity contribution in [2.75, 3.05) is 41.0 Å². The minimum absolute atomic E-state index is 0.0204. The zero-order valence-corrected chi connectivity index (χ0v) is 42.4. The highest BCUT2D eigenvalue weighted by Gasteiger charge is 2.25. The number of carbonyl (C=O) groups is 3. The zero-order valence-electron chi connectivity index (χ0n) is 42.4. The molecule has 0 aromatic rings. The van der Waals surface area contributed by atoms with Crippen molar-refractivity contribution in [3.8, 4) is 0 Å². The predicted octanol–water partition coefficient (Wildman–Crippen LogP) is 14.2. The van der Waals surface area contributed by atoms with Gasteiger partial charge in [-0.25, -0.2) is 0 Å². The van der Waals surface area contributed by atoms with Crippen molar-refractivity contribution in [1.29, 1.82) is 0 Å². The second-order valence-electron chi connectivity index (χ2n) is 19.1. The Bertz CT molecular complexity index is 1190. The maximum Gasteiger partial charge on any atom is 0.306 e. The van der Waals surface area contributed by atoms with Crippen LogP contribution in [-0.4, -0.2) is 75.5 Å². The summed E-state index contributed by atoms with van der Waals surface area (Å²) < 4.78 is 17.2. The van der Waals surface area contributed by atoms with Crippen LogP contribution in [0, 0.1) is 0 Å². The lowest BCUT2D eigenvalue weighted by atomic mass is 10.0. The Labute approximate surface area is 395 Å². The Morgan fingerprint density at radius 2 is 0.844 bits per heavy atom. The number of hydrogen-bond acceptors (Lipinski definition) is 7. The lowest BCUT2D eigenvalue weighted by molar-refractivity contribution is -0.889. The third-order valence-corrected chi connectivity index (χ3v) is 12.0. The molecular formula is C56H101NO7. The van der Waals surface area contributed by atoms with Crippen LogP contribution in [0.2, 0.25) is 0 Å². The van der Waals surface area contributed by atoms with Crippen molar-refractivity contribution in [2.45, 2.75) is 251 Å². The van der Waals surface area contributed by atoms with Crippen LogP contribution in [0.25, 0.3) is 0 Å². The SMILES string of the molecule is CCCCC/C=C/C/C=C/C/C=C/C/C=C/CCCC(=O)OC(COCCC(C(=O)[O-])[N+](C)(C)C)COC(=O)CCCCCCCCCCCCCCCCCCCCCCCCC. The van der Waals surface area contributed by atoms with E-state index < -0.39 is 18.1 Å². The van der Waals surface area contributed by atoms with Crippen LogP contribution in [0.1, 0.15) is 239 Å². The monoisotopic (exact) mass is 900 g/mol. The number of aliphatic carboxylic acids is 1. The number of nitrogens with zero attached hydrogens (tertiary/aromatic N) is 1. The minimum atomic E-state index is -1.13. The molecule has 0 rings (SSSR count). The number of likely N-dealkylation sites (N-methyl/N-ethyl adjacent to an activating group) is 1. The van der Waals surface area contributed by atoms with Gasteiger partial charge in [0.1, 0.15) is 12.6 Å². The van der Waals surface area contributed by atoms with Gasteiger partial charge in [-0.05, 0) is 51.4 Å². The first kappa shape index (κ1) is 61.3. The van der Waals surface area contributed by atoms with Gasteiger partial charge < -0.3 is 28.6 Å². The number of hydrogen-bond donors (Lipinski definition) is 0. The first-order valence-corrected chi connectivity index (χ1v) is 26.7. The fourth-order valence-corrected chi connectivity index (χ4v) is 7.83. The molecule has 0 aliphatic rings. The van der Waals surface area contributed by atoms with Crippen molar-refractivity contribution in [3.05, 3.63) is 48.6 Å². The van der Waals surface area contributed by atoms with E-state index in [2.05, 4.69) is 62.5 Å². The number of ether oxygens (including phenoxy) is 3. The van der Waals surface area contributed by atoms with Crippen LogP contribution < -0.4 is 5.11 Å². The van der Waals surface area contributed by atoms with Crippen molar-refractivity contribution >= 4 is 17.9 Å². The van der Waals surface area contributed by atoms with E-state index in [0.29, 0.717) is 12.8 Å². The fourth-order valence-electron chi connectivity index (χ4n) is 7.83. The molecule has 0 aromatic heterocycles. The summed E-state index contributed by atoms with van der Waals surface area (Å²) in [6.45, 7) is 4.61. The highest BCUT2D eigenvalue weighted by Crippen LogP contribution is 2.16. The van der Waals surface area contributed by atoms with E-state index in [1.54, 1.807) is 21.1 Å². The highest BCUT2D eigenvalue weighted by molar-refractivity contribution is 5.70. The summed E-state index contributed by atoms with van der Waals surface area (Å²) in [6, 6.07) is -0.736. The largest absolute Gasteiger partial charge is 0.544 e. The molecule has 8 heteroatoms. The van der Waals surface area contributed by atoms with E-state index in [0.717, 1.165) is 44.9 Å². The second-order valence-corrected chi connectivity index (χ2v) is 19.1. The van der Waals surface area contributed by atoms with Gasteiger partial charge >= 0.3 is 11.9 Å². The molecule has 0 aliphatic carbocycles. The van der Waals surface area contributed by atoms with E-state index in [4.69, 9.17) is 14.2 Å². The van der Waals surface area contributed by atoms with Crippen LogP contribution in [0.4, 0.5) is 0 Å². The minimum Gasteiger partial charge on any atom is -0.544 e. The van der Waals surface area contributed by atoms with E-state index in [9.17, 15) is 19.5 Å². The zero-order chi connectivity index (χ0) is 47.0. The normalized spacial score (nSPS) is 13.2. The molecule has 0 saturated heterocycles. The summed E-state index contributed by atoms with van der Waals surface area (Å²) >= 11 is 0. The molecule has 0 saturated carbocycles. The van der Waals surface area contributed by atoms with Gasteiger partial charge in [-0.15, -0.1) is 0 Å². The topological polar surface area (TPSA) is 102 Å². The molecule has 0 spiro atoms. The van der Waals surface area contributed by atoms with Crippen LogP contribution in [0.5, 0.6) is 0 Å². The number of carboxylic acid groups (broad SMARTS) is 1. The number of carboxylic acids is 1. The van der Waals surface area contributed by atoms with Gasteiger partial charge in [0.15, 0.2) is 6.10 Å². The first-order valence-electron chi connectivity index (χ1n) is 26.7. The maximum atomic E-state index is 12.8. The number of carbonyl (C=O) groups excluding carboxylic acids is 3. The second kappa shape index (κ2) is 46.8. The number of quaternary nitrogens is 1. The standard InChI is InChI=1S/C56H101NO7/c1-6-8-10-12-14-16-18-20-22-24-25-26-27-28-29-31-32-34-36-38-40-42-44-46-54(58)63-51-52(50-62-49-48-53(56(60)61)57(3,4)5)64-55(59)47-45-43-41-39-37-35-33-30-23-21-19-17-15-13-11-9-7-2/h15,17,21,23,33,35,39,41,52-53H,6-14,16,18-20,22,24-32,34,36-38,40,42-51H2,1-5H3/b17-15+,23-21+,35-33+,41-39+. The van der Waals surface area contributed by atoms with Gasteiger partial charge in [-0.2, -0.15) is 0 Å². The molecule has 0 radical (unpaired) electrons. The quantitative estimate of drug-likeness (QED) is 0.0259. The molecule has 8 nitrogen and oxygen atoms in total. The van der Waals surface area contributed by atoms with Gasteiger partial charge in [-0.3, -0.25) is 9.59 Å². The number of esters is 2. The Balaban J connectivity index is 4.23. The first-order chi connectivity index (χ1) is 31.1. The summed E-state index contributed by atoms with van der Waals surface area (Å²) in [4.78, 5) is 37.0. The smallest absolute Gasteiger partial charge is 0.306 e. The summed E-state index contributed by atoms with van der Waals surface area (Å²) in [6.07, 6.45) is 57.3. The molecule has 0 aromatic carbocycles. The molecule has 2 atom stereocenters. The molecule has 0 heterocycles. The third kappa shape index (κ3) is 44.5. The van der Waals surface area contributed by atoms with Gasteiger partial charge in [0.05, 0.1) is 40.3 Å². The number of rotatable bonds is 48. The molecule has 0 bridgehead atoms. The van der Waals surface area contributed by atoms with Crippen molar-refractivity contribution in [1.82, 2.24) is 0 Å². The molecule has 0 aliphatic heterocycles. The summed E-state index contributed by atoms with van der Waals surface area (Å²) in [5.41, 5.74) is 0. The summed E-state index contributed by atoms with van der Waals surface area (Å²) in [5, 5.41) is 11.7. The molecular weight excluding hydrogens is 799 g/mol. The van der Waals surface area contributed by atoms with Gasteiger partial charge in [0, 0.05) is 19.3 Å². The van der Waals surface area contributed by atoms with Crippen molar-refractivity contribution in [2.24, 2.45) is 0 Å². The third-order valence-electron chi connectivity index (χ3n) is 12.0. The van der Waals surface area contributed by atoms with E-state index >= 15 is 0 Å². The van der Waals surface area contributed by atoms with Gasteiger partial charge in [0.25, 0.3) is 0 Å². The van der Waals surface area contributed by atoms with Crippen molar-refractivity contribution < 1.29 is 38.2 Å². The molecule has 0 amide bonds. The molecule has 372 valence electrons. The summed E-state index contributed by atoms with van der Waals surface area (Å²) in [5.74, 6) is -1.80. The maximum absolute atomic E-state index is 12.8. The average molecular weight is 900 g/mol. The highest BCUT2D eigenvalue weighted by atomic mass is 16.6. The Kier molecular flexibility index (Phi) is 44.8.